The summed E-state index contributed by atoms with van der Waals surface area (Å²) in [4.78, 5) is 24.9. The molecule has 2 aromatic rings. The van der Waals surface area contributed by atoms with E-state index in [0.29, 0.717) is 5.69 Å². The molecule has 1 aromatic carbocycles. The van der Waals surface area contributed by atoms with Gasteiger partial charge in [0.1, 0.15) is 0 Å². The van der Waals surface area contributed by atoms with Gasteiger partial charge in [-0.05, 0) is 18.2 Å². The first-order chi connectivity index (χ1) is 7.68. The average molecular weight is 217 g/mol. The molecule has 0 unspecified atom stereocenters. The van der Waals surface area contributed by atoms with Crippen molar-refractivity contribution in [3.8, 4) is 5.69 Å². The van der Waals surface area contributed by atoms with E-state index < -0.39 is 10.6 Å². The molecule has 0 amide bonds. The second kappa shape index (κ2) is 3.93. The largest absolute Gasteiger partial charge is 0.352 e. The Hall–Kier alpha value is -2.50. The van der Waals surface area contributed by atoms with Crippen molar-refractivity contribution >= 4 is 5.69 Å². The lowest BCUT2D eigenvalue weighted by molar-refractivity contribution is -0.384. The van der Waals surface area contributed by atoms with Crippen LogP contribution in [0.15, 0.2) is 47.5 Å². The highest BCUT2D eigenvalue weighted by atomic mass is 16.6. The Balaban J connectivity index is 2.47. The van der Waals surface area contributed by atoms with E-state index in [0.717, 1.165) is 0 Å². The van der Waals surface area contributed by atoms with Gasteiger partial charge in [0.2, 0.25) is 0 Å². The van der Waals surface area contributed by atoms with Crippen molar-refractivity contribution in [2.75, 3.05) is 0 Å². The van der Waals surface area contributed by atoms with Crippen LogP contribution in [0.1, 0.15) is 0 Å². The van der Waals surface area contributed by atoms with E-state index in [4.69, 9.17) is 0 Å². The van der Waals surface area contributed by atoms with Crippen LogP contribution in [0.3, 0.4) is 0 Å². The third-order valence-corrected chi connectivity index (χ3v) is 2.05. The van der Waals surface area contributed by atoms with Crippen LogP contribution in [0.25, 0.3) is 5.69 Å². The number of hydrogen-bond donors (Lipinski definition) is 0. The molecule has 0 aliphatic heterocycles. The van der Waals surface area contributed by atoms with Crippen LogP contribution in [0.5, 0.6) is 0 Å². The molecule has 16 heavy (non-hydrogen) atoms. The second-order valence-corrected chi connectivity index (χ2v) is 3.05. The number of nitro groups is 1. The van der Waals surface area contributed by atoms with E-state index >= 15 is 0 Å². The molecular formula is C10H7N3O3. The highest BCUT2D eigenvalue weighted by Crippen LogP contribution is 2.13. The van der Waals surface area contributed by atoms with Gasteiger partial charge in [-0.2, -0.15) is 0 Å². The van der Waals surface area contributed by atoms with E-state index in [2.05, 4.69) is 4.98 Å². The quantitative estimate of drug-likeness (QED) is 0.558. The summed E-state index contributed by atoms with van der Waals surface area (Å²) in [6, 6.07) is 7.30. The SMILES string of the molecule is O=c1ncccn1-c1ccc([N+](=O)[O-])cc1. The molecule has 0 spiro atoms. The molecule has 2 rings (SSSR count). The Kier molecular flexibility index (Phi) is 2.47. The second-order valence-electron chi connectivity index (χ2n) is 3.05. The molecule has 6 nitrogen and oxygen atoms in total. The predicted molar refractivity (Wildman–Crippen MR) is 56.5 cm³/mol. The van der Waals surface area contributed by atoms with Crippen LogP contribution in [-0.2, 0) is 0 Å². The standard InChI is InChI=1S/C10H7N3O3/c14-10-11-6-1-7-12(10)8-2-4-9(5-3-8)13(15)16/h1-7H. The van der Waals surface area contributed by atoms with Crippen LogP contribution < -0.4 is 5.69 Å². The summed E-state index contributed by atoms with van der Waals surface area (Å²) in [6.45, 7) is 0. The molecule has 6 heteroatoms. The normalized spacial score (nSPS) is 10.0. The Bertz CT molecular complexity index is 574. The van der Waals surface area contributed by atoms with Gasteiger partial charge in [-0.15, -0.1) is 0 Å². The lowest BCUT2D eigenvalue weighted by Crippen LogP contribution is -2.19. The van der Waals surface area contributed by atoms with Crippen LogP contribution >= 0.6 is 0 Å². The van der Waals surface area contributed by atoms with Gasteiger partial charge < -0.3 is 0 Å². The van der Waals surface area contributed by atoms with Crippen LogP contribution in [-0.4, -0.2) is 14.5 Å². The first kappa shape index (κ1) is 10.0. The number of rotatable bonds is 2. The van der Waals surface area contributed by atoms with Crippen molar-refractivity contribution < 1.29 is 4.92 Å². The summed E-state index contributed by atoms with van der Waals surface area (Å²) < 4.78 is 1.31. The molecule has 0 N–H and O–H groups in total. The summed E-state index contributed by atoms with van der Waals surface area (Å²) in [7, 11) is 0. The molecule has 0 aliphatic rings. The number of nitrogens with zero attached hydrogens (tertiary/aromatic N) is 3. The maximum absolute atomic E-state index is 11.4. The molecule has 1 heterocycles. The Morgan fingerprint density at radius 1 is 1.25 bits per heavy atom. The number of benzene rings is 1. The number of nitro benzene ring substituents is 1. The van der Waals surface area contributed by atoms with Gasteiger partial charge in [0.15, 0.2) is 0 Å². The Morgan fingerprint density at radius 2 is 1.94 bits per heavy atom. The summed E-state index contributed by atoms with van der Waals surface area (Å²) >= 11 is 0. The molecular weight excluding hydrogens is 210 g/mol. The fourth-order valence-corrected chi connectivity index (χ4v) is 1.29. The van der Waals surface area contributed by atoms with Gasteiger partial charge in [0, 0.05) is 24.5 Å². The highest BCUT2D eigenvalue weighted by molar-refractivity contribution is 5.40. The minimum absolute atomic E-state index is 0.0133. The topological polar surface area (TPSA) is 78.0 Å². The van der Waals surface area contributed by atoms with E-state index in [1.165, 1.54) is 35.0 Å². The molecule has 0 radical (unpaired) electrons. The lowest BCUT2D eigenvalue weighted by atomic mass is 10.3. The first-order valence-corrected chi connectivity index (χ1v) is 4.47. The fraction of sp³-hybridized carbons (Fsp3) is 0. The smallest absolute Gasteiger partial charge is 0.268 e. The Morgan fingerprint density at radius 3 is 2.50 bits per heavy atom. The van der Waals surface area contributed by atoms with Gasteiger partial charge >= 0.3 is 5.69 Å². The monoisotopic (exact) mass is 217 g/mol. The third kappa shape index (κ3) is 1.81. The van der Waals surface area contributed by atoms with E-state index in [1.807, 2.05) is 0 Å². The zero-order valence-corrected chi connectivity index (χ0v) is 8.11. The average Bonchev–Trinajstić information content (AvgIpc) is 2.30. The molecule has 1 aromatic heterocycles. The first-order valence-electron chi connectivity index (χ1n) is 4.47. The third-order valence-electron chi connectivity index (χ3n) is 2.05. The van der Waals surface area contributed by atoms with Crippen molar-refractivity contribution in [3.05, 3.63) is 63.3 Å². The molecule has 0 bridgehead atoms. The lowest BCUT2D eigenvalue weighted by Gasteiger charge is -2.02. The Labute approximate surface area is 90.0 Å². The van der Waals surface area contributed by atoms with Crippen molar-refractivity contribution in [3.63, 3.8) is 0 Å². The predicted octanol–water partition coefficient (Wildman–Crippen LogP) is 1.14. The maximum Gasteiger partial charge on any atom is 0.352 e. The summed E-state index contributed by atoms with van der Waals surface area (Å²) in [5, 5.41) is 10.4. The maximum atomic E-state index is 11.4. The zero-order valence-electron chi connectivity index (χ0n) is 8.11. The minimum Gasteiger partial charge on any atom is -0.268 e. The fourth-order valence-electron chi connectivity index (χ4n) is 1.29. The molecule has 80 valence electrons. The van der Waals surface area contributed by atoms with E-state index in [1.54, 1.807) is 12.3 Å². The number of hydrogen-bond acceptors (Lipinski definition) is 4. The van der Waals surface area contributed by atoms with E-state index in [-0.39, 0.29) is 5.69 Å². The van der Waals surface area contributed by atoms with Gasteiger partial charge in [-0.3, -0.25) is 14.7 Å². The van der Waals surface area contributed by atoms with Crippen molar-refractivity contribution in [2.45, 2.75) is 0 Å². The summed E-state index contributed by atoms with van der Waals surface area (Å²) in [5.74, 6) is 0. The number of aromatic nitrogens is 2. The summed E-state index contributed by atoms with van der Waals surface area (Å²) in [6.07, 6.45) is 2.95. The van der Waals surface area contributed by atoms with Gasteiger partial charge in [-0.1, -0.05) is 0 Å². The summed E-state index contributed by atoms with van der Waals surface area (Å²) in [5.41, 5.74) is 0.112. The van der Waals surface area contributed by atoms with Crippen LogP contribution in [0.2, 0.25) is 0 Å². The molecule has 0 fully saturated rings. The molecule has 0 saturated heterocycles. The number of non-ortho nitro benzene ring substituents is 1. The minimum atomic E-state index is -0.490. The molecule has 0 saturated carbocycles. The van der Waals surface area contributed by atoms with E-state index in [9.17, 15) is 14.9 Å². The molecule has 0 atom stereocenters. The molecule has 0 aliphatic carbocycles. The van der Waals surface area contributed by atoms with Crippen molar-refractivity contribution in [2.24, 2.45) is 0 Å². The van der Waals surface area contributed by atoms with Crippen molar-refractivity contribution in [1.29, 1.82) is 0 Å². The van der Waals surface area contributed by atoms with Crippen LogP contribution in [0.4, 0.5) is 5.69 Å². The van der Waals surface area contributed by atoms with Gasteiger partial charge in [0.05, 0.1) is 10.6 Å². The highest BCUT2D eigenvalue weighted by Gasteiger charge is 2.05. The van der Waals surface area contributed by atoms with Crippen molar-refractivity contribution in [1.82, 2.24) is 9.55 Å². The van der Waals surface area contributed by atoms with Crippen LogP contribution in [0, 0.1) is 10.1 Å². The van der Waals surface area contributed by atoms with Gasteiger partial charge in [-0.25, -0.2) is 9.78 Å². The van der Waals surface area contributed by atoms with Gasteiger partial charge in [0.25, 0.3) is 5.69 Å². The zero-order chi connectivity index (χ0) is 11.5.